The number of benzene rings is 2. The highest BCUT2D eigenvalue weighted by Gasteiger charge is 2.33. The van der Waals surface area contributed by atoms with Gasteiger partial charge < -0.3 is 5.11 Å². The van der Waals surface area contributed by atoms with E-state index in [0.717, 1.165) is 18.2 Å². The topological polar surface area (TPSA) is 118 Å². The third kappa shape index (κ3) is 3.71. The highest BCUT2D eigenvalue weighted by molar-refractivity contribution is 7.93. The maximum atomic E-state index is 13.4. The first-order valence-corrected chi connectivity index (χ1v) is 8.01. The zero-order chi connectivity index (χ0) is 18.8. The smallest absolute Gasteiger partial charge is 0.324 e. The van der Waals surface area contributed by atoms with Crippen LogP contribution in [0.3, 0.4) is 0 Å². The molecule has 0 aliphatic carbocycles. The van der Waals surface area contributed by atoms with E-state index in [-0.39, 0.29) is 4.31 Å². The predicted molar refractivity (Wildman–Crippen MR) is 81.6 cm³/mol. The molecule has 0 spiro atoms. The average Bonchev–Trinajstić information content (AvgIpc) is 2.55. The molecule has 11 heteroatoms. The molecule has 0 aliphatic rings. The average molecular weight is 372 g/mol. The van der Waals surface area contributed by atoms with E-state index in [1.165, 1.54) is 12.1 Å². The van der Waals surface area contributed by atoms with Gasteiger partial charge in [-0.2, -0.15) is 0 Å². The van der Waals surface area contributed by atoms with E-state index < -0.39 is 55.4 Å². The lowest BCUT2D eigenvalue weighted by atomic mass is 10.3. The van der Waals surface area contributed by atoms with Crippen LogP contribution in [0.1, 0.15) is 0 Å². The molecule has 132 valence electrons. The summed E-state index contributed by atoms with van der Waals surface area (Å²) >= 11 is 0. The highest BCUT2D eigenvalue weighted by Crippen LogP contribution is 2.30. The fourth-order valence-electron chi connectivity index (χ4n) is 2.02. The Morgan fingerprint density at radius 3 is 2.36 bits per heavy atom. The molecule has 2 aromatic carbocycles. The van der Waals surface area contributed by atoms with E-state index in [2.05, 4.69) is 0 Å². The second kappa shape index (κ2) is 6.81. The van der Waals surface area contributed by atoms with Gasteiger partial charge in [0.1, 0.15) is 6.54 Å². The van der Waals surface area contributed by atoms with Gasteiger partial charge in [0.2, 0.25) is 0 Å². The third-order valence-corrected chi connectivity index (χ3v) is 4.92. The van der Waals surface area contributed by atoms with Crippen molar-refractivity contribution in [3.63, 3.8) is 0 Å². The van der Waals surface area contributed by atoms with Crippen molar-refractivity contribution < 1.29 is 32.0 Å². The Hall–Kier alpha value is -3.08. The Morgan fingerprint density at radius 1 is 1.16 bits per heavy atom. The number of halogens is 2. The predicted octanol–water partition coefficient (Wildman–Crippen LogP) is 2.15. The van der Waals surface area contributed by atoms with Crippen molar-refractivity contribution in [1.29, 1.82) is 0 Å². The molecular formula is C14H10F2N2O6S. The van der Waals surface area contributed by atoms with Crippen LogP contribution in [0.25, 0.3) is 0 Å². The summed E-state index contributed by atoms with van der Waals surface area (Å²) in [7, 11) is -4.73. The molecule has 0 aliphatic heterocycles. The Morgan fingerprint density at radius 2 is 1.80 bits per heavy atom. The number of carboxylic acid groups (broad SMARTS) is 1. The first-order valence-electron chi connectivity index (χ1n) is 6.57. The summed E-state index contributed by atoms with van der Waals surface area (Å²) < 4.78 is 52.2. The minimum absolute atomic E-state index is 0.250. The Labute approximate surface area is 140 Å². The molecule has 1 N–H and O–H groups in total. The summed E-state index contributed by atoms with van der Waals surface area (Å²) in [5.41, 5.74) is -1.26. The van der Waals surface area contributed by atoms with Gasteiger partial charge in [-0.3, -0.25) is 19.2 Å². The van der Waals surface area contributed by atoms with Crippen LogP contribution < -0.4 is 4.31 Å². The largest absolute Gasteiger partial charge is 0.480 e. The van der Waals surface area contributed by atoms with Gasteiger partial charge in [0.15, 0.2) is 16.5 Å². The van der Waals surface area contributed by atoms with E-state index in [0.29, 0.717) is 12.1 Å². The van der Waals surface area contributed by atoms with E-state index >= 15 is 0 Å². The number of carbonyl (C=O) groups is 1. The van der Waals surface area contributed by atoms with Gasteiger partial charge in [-0.25, -0.2) is 17.2 Å². The maximum Gasteiger partial charge on any atom is 0.324 e. The van der Waals surface area contributed by atoms with Crippen molar-refractivity contribution in [3.05, 3.63) is 64.2 Å². The third-order valence-electron chi connectivity index (χ3n) is 3.10. The molecule has 0 saturated heterocycles. The summed E-state index contributed by atoms with van der Waals surface area (Å²) in [6.45, 7) is -1.14. The molecule has 0 aromatic heterocycles. The molecule has 0 fully saturated rings. The van der Waals surface area contributed by atoms with Crippen LogP contribution in [0, 0.1) is 21.7 Å². The number of aliphatic carboxylic acids is 1. The van der Waals surface area contributed by atoms with Gasteiger partial charge in [0.25, 0.3) is 15.7 Å². The zero-order valence-corrected chi connectivity index (χ0v) is 13.1. The Bertz CT molecular complexity index is 948. The van der Waals surface area contributed by atoms with Crippen LogP contribution in [0.4, 0.5) is 20.2 Å². The summed E-state index contributed by atoms with van der Waals surface area (Å²) in [5.74, 6) is -4.25. The highest BCUT2D eigenvalue weighted by atomic mass is 32.2. The summed E-state index contributed by atoms with van der Waals surface area (Å²) in [6.07, 6.45) is 0. The molecule has 0 unspecified atom stereocenters. The molecule has 0 saturated carbocycles. The molecule has 0 bridgehead atoms. The fourth-order valence-corrected chi connectivity index (χ4v) is 3.59. The number of para-hydroxylation sites is 1. The molecule has 0 atom stereocenters. The zero-order valence-electron chi connectivity index (χ0n) is 12.3. The molecule has 0 heterocycles. The molecule has 2 aromatic rings. The maximum absolute atomic E-state index is 13.4. The van der Waals surface area contributed by atoms with E-state index in [9.17, 15) is 32.1 Å². The number of nitro groups is 1. The van der Waals surface area contributed by atoms with E-state index in [1.54, 1.807) is 0 Å². The molecule has 8 nitrogen and oxygen atoms in total. The van der Waals surface area contributed by atoms with E-state index in [1.807, 2.05) is 0 Å². The first kappa shape index (κ1) is 18.3. The number of hydrogen-bond acceptors (Lipinski definition) is 5. The lowest BCUT2D eigenvalue weighted by molar-refractivity contribution is -0.387. The van der Waals surface area contributed by atoms with Crippen LogP contribution in [0.5, 0.6) is 0 Å². The van der Waals surface area contributed by atoms with Gasteiger partial charge >= 0.3 is 5.97 Å². The van der Waals surface area contributed by atoms with Gasteiger partial charge in [-0.05, 0) is 18.2 Å². The van der Waals surface area contributed by atoms with Gasteiger partial charge in [-0.1, -0.05) is 12.1 Å². The minimum Gasteiger partial charge on any atom is -0.480 e. The van der Waals surface area contributed by atoms with Crippen LogP contribution in [-0.4, -0.2) is 31.0 Å². The number of carboxylic acids is 1. The van der Waals surface area contributed by atoms with Gasteiger partial charge in [-0.15, -0.1) is 0 Å². The van der Waals surface area contributed by atoms with Gasteiger partial charge in [0, 0.05) is 12.1 Å². The molecule has 25 heavy (non-hydrogen) atoms. The lowest BCUT2D eigenvalue weighted by Crippen LogP contribution is -2.36. The lowest BCUT2D eigenvalue weighted by Gasteiger charge is -2.22. The second-order valence-corrected chi connectivity index (χ2v) is 6.56. The number of anilines is 1. The van der Waals surface area contributed by atoms with E-state index in [4.69, 9.17) is 5.11 Å². The SMILES string of the molecule is O=C(O)CN(c1ccc(F)c(F)c1)S(=O)(=O)c1ccccc1[N+](=O)[O-]. The number of nitro benzene ring substituents is 1. The van der Waals surface area contributed by atoms with Gasteiger partial charge in [0.05, 0.1) is 10.6 Å². The van der Waals surface area contributed by atoms with Crippen molar-refractivity contribution in [2.45, 2.75) is 4.90 Å². The summed E-state index contributed by atoms with van der Waals surface area (Å²) in [6, 6.07) is 6.26. The first-order chi connectivity index (χ1) is 11.6. The van der Waals surface area contributed by atoms with Crippen LogP contribution >= 0.6 is 0 Å². The molecule has 2 rings (SSSR count). The van der Waals surface area contributed by atoms with Crippen molar-refractivity contribution >= 4 is 27.4 Å². The second-order valence-electron chi connectivity index (χ2n) is 4.73. The number of hydrogen-bond donors (Lipinski definition) is 1. The Balaban J connectivity index is 2.67. The molecular weight excluding hydrogens is 362 g/mol. The number of rotatable bonds is 6. The molecule has 0 radical (unpaired) electrons. The normalized spacial score (nSPS) is 11.1. The monoisotopic (exact) mass is 372 g/mol. The van der Waals surface area contributed by atoms with Crippen molar-refractivity contribution in [1.82, 2.24) is 0 Å². The van der Waals surface area contributed by atoms with Crippen LogP contribution in [0.15, 0.2) is 47.4 Å². The quantitative estimate of drug-likeness (QED) is 0.613. The van der Waals surface area contributed by atoms with Crippen molar-refractivity contribution in [3.8, 4) is 0 Å². The Kier molecular flexibility index (Phi) is 4.97. The summed E-state index contributed by atoms with van der Waals surface area (Å²) in [4.78, 5) is 20.3. The van der Waals surface area contributed by atoms with Crippen molar-refractivity contribution in [2.24, 2.45) is 0 Å². The number of sulfonamides is 1. The minimum atomic E-state index is -4.73. The molecule has 0 amide bonds. The fraction of sp³-hybridized carbons (Fsp3) is 0.0714. The summed E-state index contributed by atoms with van der Waals surface area (Å²) in [5, 5.41) is 20.0. The number of nitrogens with zero attached hydrogens (tertiary/aromatic N) is 2. The van der Waals surface area contributed by atoms with Crippen LogP contribution in [-0.2, 0) is 14.8 Å². The van der Waals surface area contributed by atoms with Crippen LogP contribution in [0.2, 0.25) is 0 Å². The standard InChI is InChI=1S/C14H10F2N2O6S/c15-10-6-5-9(7-11(10)16)17(8-14(19)20)25(23,24)13-4-2-1-3-12(13)18(21)22/h1-7H,8H2,(H,19,20). The van der Waals surface area contributed by atoms with Crippen molar-refractivity contribution in [2.75, 3.05) is 10.8 Å².